The number of fused-ring (bicyclic) bond motifs is 12. The Labute approximate surface area is 353 Å². The van der Waals surface area contributed by atoms with Crippen LogP contribution in [-0.4, -0.2) is 4.57 Å². The number of benzene rings is 10. The lowest BCUT2D eigenvalue weighted by Crippen LogP contribution is -2.16. The first kappa shape index (κ1) is 34.2. The first-order valence-electron chi connectivity index (χ1n) is 21.3. The number of para-hydroxylation sites is 3. The first-order chi connectivity index (χ1) is 30.1. The summed E-state index contributed by atoms with van der Waals surface area (Å²) in [6, 6.07) is 73.4. The third kappa shape index (κ3) is 4.73. The van der Waals surface area contributed by atoms with Crippen molar-refractivity contribution in [3.63, 3.8) is 0 Å². The SMILES string of the molecule is CC1(C)c2ccccc2-c2cccc(-c3ccc(-c4c5ccccc5c(-c5cc6c(c7ccccc7n6-c6ccccc6)c6c5oc5ccccc56)c5ccccc45)cc3)c21. The van der Waals surface area contributed by atoms with Crippen LogP contribution in [-0.2, 0) is 5.41 Å². The first-order valence-corrected chi connectivity index (χ1v) is 21.3. The van der Waals surface area contributed by atoms with E-state index in [1.165, 1.54) is 87.9 Å². The molecule has 0 saturated heterocycles. The Morgan fingerprint density at radius 3 is 1.69 bits per heavy atom. The van der Waals surface area contributed by atoms with E-state index in [4.69, 9.17) is 4.42 Å². The minimum atomic E-state index is -0.0901. The van der Waals surface area contributed by atoms with Crippen LogP contribution in [0.3, 0.4) is 0 Å². The van der Waals surface area contributed by atoms with E-state index in [0.717, 1.165) is 38.7 Å². The van der Waals surface area contributed by atoms with Crippen molar-refractivity contribution in [1.82, 2.24) is 4.57 Å². The zero-order valence-electron chi connectivity index (χ0n) is 33.9. The molecule has 0 radical (unpaired) electrons. The van der Waals surface area contributed by atoms with E-state index in [1.54, 1.807) is 0 Å². The van der Waals surface area contributed by atoms with Crippen molar-refractivity contribution in [3.8, 4) is 50.2 Å². The molecule has 0 atom stereocenters. The Hall–Kier alpha value is -7.68. The van der Waals surface area contributed by atoms with Crippen LogP contribution in [0.2, 0.25) is 0 Å². The molecule has 61 heavy (non-hydrogen) atoms. The summed E-state index contributed by atoms with van der Waals surface area (Å²) in [5.74, 6) is 0. The molecule has 0 spiro atoms. The molecule has 286 valence electrons. The van der Waals surface area contributed by atoms with Gasteiger partial charge in [-0.25, -0.2) is 0 Å². The second-order valence-electron chi connectivity index (χ2n) is 17.1. The van der Waals surface area contributed by atoms with Crippen molar-refractivity contribution in [1.29, 1.82) is 0 Å². The van der Waals surface area contributed by atoms with E-state index in [1.807, 2.05) is 0 Å². The zero-order valence-corrected chi connectivity index (χ0v) is 33.9. The molecule has 2 heteroatoms. The van der Waals surface area contributed by atoms with Crippen LogP contribution in [0, 0.1) is 0 Å². The Balaban J connectivity index is 1.08. The van der Waals surface area contributed by atoms with Crippen molar-refractivity contribution < 1.29 is 4.42 Å². The van der Waals surface area contributed by atoms with Crippen LogP contribution >= 0.6 is 0 Å². The molecule has 0 saturated carbocycles. The van der Waals surface area contributed by atoms with Crippen molar-refractivity contribution in [2.24, 2.45) is 0 Å². The van der Waals surface area contributed by atoms with Gasteiger partial charge in [-0.3, -0.25) is 0 Å². The lowest BCUT2D eigenvalue weighted by atomic mass is 9.78. The van der Waals surface area contributed by atoms with Gasteiger partial charge in [0.15, 0.2) is 0 Å². The average molecular weight is 778 g/mol. The molecule has 0 N–H and O–H groups in total. The molecule has 0 fully saturated rings. The normalized spacial score (nSPS) is 13.2. The van der Waals surface area contributed by atoms with Crippen LogP contribution in [0.15, 0.2) is 205 Å². The van der Waals surface area contributed by atoms with Crippen molar-refractivity contribution in [3.05, 3.63) is 211 Å². The topological polar surface area (TPSA) is 18.1 Å². The third-order valence-electron chi connectivity index (χ3n) is 13.6. The summed E-state index contributed by atoms with van der Waals surface area (Å²) < 4.78 is 9.46. The highest BCUT2D eigenvalue weighted by molar-refractivity contribution is 6.32. The highest BCUT2D eigenvalue weighted by Crippen LogP contribution is 2.53. The van der Waals surface area contributed by atoms with Gasteiger partial charge in [-0.05, 0) is 96.4 Å². The standard InChI is InChI=1S/C59H39NO/c1-59(2)49-28-13-10-19-40(49)45-27-16-26-39(57(45)59)36-31-33-37(34-32-36)53-41-20-6-8-22-43(41)54(44-23-9-7-21-42(44)53)48-35-51-55(56-47-25-12-15-30-52(47)61-58(48)56)46-24-11-14-29-50(46)60(51)38-17-4-3-5-18-38/h3-35H,1-2H3. The van der Waals surface area contributed by atoms with E-state index < -0.39 is 0 Å². The van der Waals surface area contributed by atoms with Gasteiger partial charge in [0, 0.05) is 43.8 Å². The molecule has 0 unspecified atom stereocenters. The van der Waals surface area contributed by atoms with E-state index >= 15 is 0 Å². The third-order valence-corrected chi connectivity index (χ3v) is 13.6. The second-order valence-corrected chi connectivity index (χ2v) is 17.1. The Morgan fingerprint density at radius 2 is 0.951 bits per heavy atom. The highest BCUT2D eigenvalue weighted by Gasteiger charge is 2.37. The molecule has 0 bridgehead atoms. The zero-order chi connectivity index (χ0) is 40.4. The van der Waals surface area contributed by atoms with Crippen LogP contribution < -0.4 is 0 Å². The van der Waals surface area contributed by atoms with Gasteiger partial charge >= 0.3 is 0 Å². The van der Waals surface area contributed by atoms with Crippen molar-refractivity contribution >= 4 is 65.3 Å². The van der Waals surface area contributed by atoms with Crippen LogP contribution in [0.25, 0.3) is 115 Å². The second kappa shape index (κ2) is 12.7. The fraction of sp³-hybridized carbons (Fsp3) is 0.0508. The summed E-state index contributed by atoms with van der Waals surface area (Å²) in [4.78, 5) is 0. The van der Waals surface area contributed by atoms with E-state index in [0.29, 0.717) is 0 Å². The number of furan rings is 1. The predicted octanol–water partition coefficient (Wildman–Crippen LogP) is 16.3. The summed E-state index contributed by atoms with van der Waals surface area (Å²) in [5, 5.41) is 9.54. The molecule has 2 heterocycles. The summed E-state index contributed by atoms with van der Waals surface area (Å²) in [6.07, 6.45) is 0. The minimum Gasteiger partial charge on any atom is -0.455 e. The quantitative estimate of drug-likeness (QED) is 0.163. The average Bonchev–Trinajstić information content (AvgIpc) is 3.94. The fourth-order valence-electron chi connectivity index (χ4n) is 11.0. The molecule has 2 nitrogen and oxygen atoms in total. The number of nitrogens with zero attached hydrogens (tertiary/aromatic N) is 1. The van der Waals surface area contributed by atoms with E-state index in [-0.39, 0.29) is 5.41 Å². The van der Waals surface area contributed by atoms with Crippen LogP contribution in [0.5, 0.6) is 0 Å². The van der Waals surface area contributed by atoms with Crippen molar-refractivity contribution in [2.45, 2.75) is 19.3 Å². The van der Waals surface area contributed by atoms with Gasteiger partial charge < -0.3 is 8.98 Å². The minimum absolute atomic E-state index is 0.0901. The highest BCUT2D eigenvalue weighted by atomic mass is 16.3. The van der Waals surface area contributed by atoms with Gasteiger partial charge in [0.1, 0.15) is 11.2 Å². The summed E-state index contributed by atoms with van der Waals surface area (Å²) in [6.45, 7) is 4.74. The summed E-state index contributed by atoms with van der Waals surface area (Å²) in [5.41, 5.74) is 17.9. The number of hydrogen-bond donors (Lipinski definition) is 0. The molecule has 0 amide bonds. The molecular weight excluding hydrogens is 739 g/mol. The largest absolute Gasteiger partial charge is 0.455 e. The maximum absolute atomic E-state index is 7.04. The lowest BCUT2D eigenvalue weighted by Gasteiger charge is -2.24. The van der Waals surface area contributed by atoms with E-state index in [2.05, 4.69) is 219 Å². The molecule has 12 aromatic rings. The fourth-order valence-corrected chi connectivity index (χ4v) is 11.0. The summed E-state index contributed by atoms with van der Waals surface area (Å²) in [7, 11) is 0. The van der Waals surface area contributed by atoms with Crippen LogP contribution in [0.1, 0.15) is 25.0 Å². The maximum atomic E-state index is 7.04. The van der Waals surface area contributed by atoms with Gasteiger partial charge in [0.05, 0.1) is 11.0 Å². The Morgan fingerprint density at radius 1 is 0.393 bits per heavy atom. The molecular formula is C59H39NO. The maximum Gasteiger partial charge on any atom is 0.144 e. The molecule has 1 aliphatic rings. The van der Waals surface area contributed by atoms with Gasteiger partial charge in [0.2, 0.25) is 0 Å². The smallest absolute Gasteiger partial charge is 0.144 e. The predicted molar refractivity (Wildman–Crippen MR) is 257 cm³/mol. The monoisotopic (exact) mass is 777 g/mol. The van der Waals surface area contributed by atoms with Gasteiger partial charge in [0.25, 0.3) is 0 Å². The molecule has 10 aromatic carbocycles. The number of aromatic nitrogens is 1. The molecule has 1 aliphatic carbocycles. The van der Waals surface area contributed by atoms with Gasteiger partial charge in [-0.1, -0.05) is 184 Å². The molecule has 13 rings (SSSR count). The lowest BCUT2D eigenvalue weighted by molar-refractivity contribution is 0.662. The Kier molecular flexibility index (Phi) is 7.10. The molecule has 0 aliphatic heterocycles. The van der Waals surface area contributed by atoms with Crippen LogP contribution in [0.4, 0.5) is 0 Å². The van der Waals surface area contributed by atoms with E-state index in [9.17, 15) is 0 Å². The van der Waals surface area contributed by atoms with Crippen molar-refractivity contribution in [2.75, 3.05) is 0 Å². The summed E-state index contributed by atoms with van der Waals surface area (Å²) >= 11 is 0. The number of hydrogen-bond acceptors (Lipinski definition) is 1. The Bertz CT molecular complexity index is 3710. The van der Waals surface area contributed by atoms with Gasteiger partial charge in [-0.2, -0.15) is 0 Å². The van der Waals surface area contributed by atoms with Gasteiger partial charge in [-0.15, -0.1) is 0 Å². The number of rotatable bonds is 4. The molecule has 2 aromatic heterocycles.